The van der Waals surface area contributed by atoms with Crippen molar-refractivity contribution in [1.82, 2.24) is 5.32 Å². The van der Waals surface area contributed by atoms with E-state index >= 15 is 0 Å². The van der Waals surface area contributed by atoms with Gasteiger partial charge in [-0.2, -0.15) is 0 Å². The highest BCUT2D eigenvalue weighted by atomic mass is 35.5. The van der Waals surface area contributed by atoms with Crippen LogP contribution in [0.1, 0.15) is 5.56 Å². The molecule has 5 rings (SSSR count). The molecule has 3 unspecified atom stereocenters. The molecule has 2 aromatic rings. The third kappa shape index (κ3) is 1.78. The Morgan fingerprint density at radius 3 is 2.65 bits per heavy atom. The second kappa shape index (κ2) is 5.16. The fourth-order valence-electron chi connectivity index (χ4n) is 4.43. The first-order valence-electron chi connectivity index (χ1n) is 8.33. The van der Waals surface area contributed by atoms with Crippen LogP contribution in [-0.2, 0) is 19.9 Å². The fourth-order valence-corrected chi connectivity index (χ4v) is 4.62. The number of halogens is 1. The van der Waals surface area contributed by atoms with Crippen molar-refractivity contribution in [1.29, 1.82) is 0 Å². The molecule has 3 aliphatic heterocycles. The van der Waals surface area contributed by atoms with Gasteiger partial charge >= 0.3 is 0 Å². The van der Waals surface area contributed by atoms with Gasteiger partial charge in [0.2, 0.25) is 17.7 Å². The number of rotatable bonds is 1. The van der Waals surface area contributed by atoms with E-state index in [0.29, 0.717) is 22.0 Å². The van der Waals surface area contributed by atoms with Crippen LogP contribution in [-0.4, -0.2) is 24.3 Å². The van der Waals surface area contributed by atoms with Gasteiger partial charge in [-0.25, -0.2) is 4.90 Å². The number of fused-ring (bicyclic) bond motifs is 4. The van der Waals surface area contributed by atoms with Crippen molar-refractivity contribution in [2.24, 2.45) is 11.8 Å². The molecule has 3 atom stereocenters. The number of hydrogen-bond donors (Lipinski definition) is 2. The number of hydrogen-bond acceptors (Lipinski definition) is 4. The second-order valence-corrected chi connectivity index (χ2v) is 7.20. The van der Waals surface area contributed by atoms with Gasteiger partial charge in [0, 0.05) is 22.8 Å². The lowest BCUT2D eigenvalue weighted by molar-refractivity contribution is -0.130. The number of nitrogens with one attached hydrogen (secondary N) is 2. The zero-order valence-corrected chi connectivity index (χ0v) is 14.3. The molecule has 0 aliphatic carbocycles. The van der Waals surface area contributed by atoms with Crippen LogP contribution in [0.5, 0.6) is 0 Å². The molecule has 0 bridgehead atoms. The lowest BCUT2D eigenvalue weighted by Crippen LogP contribution is -2.51. The van der Waals surface area contributed by atoms with E-state index in [2.05, 4.69) is 10.6 Å². The molecule has 26 heavy (non-hydrogen) atoms. The maximum atomic E-state index is 13.3. The molecule has 6 nitrogen and oxygen atoms in total. The van der Waals surface area contributed by atoms with Gasteiger partial charge in [-0.1, -0.05) is 35.9 Å². The predicted molar refractivity (Wildman–Crippen MR) is 95.7 cm³/mol. The molecule has 3 aliphatic rings. The van der Waals surface area contributed by atoms with Crippen LogP contribution >= 0.6 is 11.6 Å². The molecule has 3 heterocycles. The van der Waals surface area contributed by atoms with Gasteiger partial charge < -0.3 is 5.32 Å². The van der Waals surface area contributed by atoms with Crippen molar-refractivity contribution in [2.75, 3.05) is 16.8 Å². The lowest BCUT2D eigenvalue weighted by Gasteiger charge is -2.28. The van der Waals surface area contributed by atoms with E-state index in [9.17, 15) is 14.4 Å². The number of benzene rings is 2. The van der Waals surface area contributed by atoms with Gasteiger partial charge in [0.15, 0.2) is 0 Å². The predicted octanol–water partition coefficient (Wildman–Crippen LogP) is 1.90. The summed E-state index contributed by atoms with van der Waals surface area (Å²) in [5.74, 6) is -2.33. The average molecular weight is 368 g/mol. The number of amides is 3. The van der Waals surface area contributed by atoms with Crippen LogP contribution in [0.3, 0.4) is 0 Å². The number of para-hydroxylation sites is 1. The van der Waals surface area contributed by atoms with Crippen LogP contribution in [0, 0.1) is 11.8 Å². The number of anilines is 2. The number of carbonyl (C=O) groups excluding carboxylic acids is 3. The van der Waals surface area contributed by atoms with Gasteiger partial charge in [-0.15, -0.1) is 0 Å². The number of imide groups is 1. The normalized spacial score (nSPS) is 29.3. The highest BCUT2D eigenvalue weighted by Crippen LogP contribution is 2.51. The minimum Gasteiger partial charge on any atom is -0.324 e. The van der Waals surface area contributed by atoms with Gasteiger partial charge in [0.1, 0.15) is 5.54 Å². The van der Waals surface area contributed by atoms with E-state index < -0.39 is 17.4 Å². The molecule has 7 heteroatoms. The molecule has 2 N–H and O–H groups in total. The maximum Gasteiger partial charge on any atom is 0.250 e. The molecule has 1 spiro atoms. The summed E-state index contributed by atoms with van der Waals surface area (Å²) < 4.78 is 0. The molecule has 2 fully saturated rings. The van der Waals surface area contributed by atoms with Crippen LogP contribution in [0.4, 0.5) is 11.4 Å². The first kappa shape index (κ1) is 15.5. The average Bonchev–Trinajstić information content (AvgIpc) is 3.23. The zero-order valence-electron chi connectivity index (χ0n) is 13.5. The minimum absolute atomic E-state index is 0.272. The van der Waals surface area contributed by atoms with Crippen molar-refractivity contribution in [3.05, 3.63) is 59.1 Å². The Bertz CT molecular complexity index is 991. The minimum atomic E-state index is -1.21. The van der Waals surface area contributed by atoms with Gasteiger partial charge in [0.25, 0.3) is 0 Å². The Labute approximate surface area is 154 Å². The SMILES string of the molecule is O=C1C2CNC3(C(=O)Nc4ccccc43)C2C(=O)N1c1cccc(Cl)c1. The van der Waals surface area contributed by atoms with E-state index in [1.807, 2.05) is 18.2 Å². The molecule has 130 valence electrons. The van der Waals surface area contributed by atoms with Crippen LogP contribution in [0.2, 0.25) is 5.02 Å². The van der Waals surface area contributed by atoms with Gasteiger partial charge in [-0.3, -0.25) is 19.7 Å². The van der Waals surface area contributed by atoms with Crippen molar-refractivity contribution in [3.63, 3.8) is 0 Å². The van der Waals surface area contributed by atoms with Crippen molar-refractivity contribution in [3.8, 4) is 0 Å². The van der Waals surface area contributed by atoms with E-state index in [1.54, 1.807) is 30.3 Å². The molecule has 3 amide bonds. The van der Waals surface area contributed by atoms with E-state index in [-0.39, 0.29) is 24.3 Å². The summed E-state index contributed by atoms with van der Waals surface area (Å²) >= 11 is 6.02. The van der Waals surface area contributed by atoms with Crippen LogP contribution in [0.25, 0.3) is 0 Å². The summed E-state index contributed by atoms with van der Waals surface area (Å²) in [6.07, 6.45) is 0. The van der Waals surface area contributed by atoms with E-state index in [1.165, 1.54) is 0 Å². The Morgan fingerprint density at radius 2 is 1.85 bits per heavy atom. The third-order valence-corrected chi connectivity index (χ3v) is 5.75. The lowest BCUT2D eigenvalue weighted by atomic mass is 9.77. The van der Waals surface area contributed by atoms with Crippen molar-refractivity contribution in [2.45, 2.75) is 5.54 Å². The Balaban J connectivity index is 1.64. The first-order chi connectivity index (χ1) is 12.5. The summed E-state index contributed by atoms with van der Waals surface area (Å²) in [5.41, 5.74) is 0.615. The summed E-state index contributed by atoms with van der Waals surface area (Å²) in [6, 6.07) is 13.9. The van der Waals surface area contributed by atoms with Crippen LogP contribution in [0.15, 0.2) is 48.5 Å². The summed E-state index contributed by atoms with van der Waals surface area (Å²) in [4.78, 5) is 40.3. The smallest absolute Gasteiger partial charge is 0.250 e. The Morgan fingerprint density at radius 1 is 1.04 bits per heavy atom. The topological polar surface area (TPSA) is 78.5 Å². The van der Waals surface area contributed by atoms with Gasteiger partial charge in [0.05, 0.1) is 17.5 Å². The van der Waals surface area contributed by atoms with E-state index in [4.69, 9.17) is 11.6 Å². The highest BCUT2D eigenvalue weighted by Gasteiger charge is 2.67. The third-order valence-electron chi connectivity index (χ3n) is 5.52. The molecule has 2 saturated heterocycles. The second-order valence-electron chi connectivity index (χ2n) is 6.76. The van der Waals surface area contributed by atoms with Crippen molar-refractivity contribution < 1.29 is 14.4 Å². The number of nitrogens with zero attached hydrogens (tertiary/aromatic N) is 1. The van der Waals surface area contributed by atoms with Crippen molar-refractivity contribution >= 4 is 40.7 Å². The summed E-state index contributed by atoms with van der Waals surface area (Å²) in [7, 11) is 0. The standard InChI is InChI=1S/C19H14ClN3O3/c20-10-4-3-5-11(8-10)23-16(24)12-9-21-19(15(12)17(23)25)13-6-1-2-7-14(13)22-18(19)26/h1-8,12,15,21H,9H2,(H,22,26). The highest BCUT2D eigenvalue weighted by molar-refractivity contribution is 6.31. The molecular formula is C19H14ClN3O3. The largest absolute Gasteiger partial charge is 0.324 e. The zero-order chi connectivity index (χ0) is 18.1. The fraction of sp³-hybridized carbons (Fsp3) is 0.211. The first-order valence-corrected chi connectivity index (χ1v) is 8.71. The molecule has 2 aromatic carbocycles. The summed E-state index contributed by atoms with van der Waals surface area (Å²) in [5, 5.41) is 6.46. The maximum absolute atomic E-state index is 13.3. The van der Waals surface area contributed by atoms with Crippen LogP contribution < -0.4 is 15.5 Å². The van der Waals surface area contributed by atoms with E-state index in [0.717, 1.165) is 4.90 Å². The summed E-state index contributed by atoms with van der Waals surface area (Å²) in [6.45, 7) is 0.272. The van der Waals surface area contributed by atoms with Gasteiger partial charge in [-0.05, 0) is 24.3 Å². The molecule has 0 radical (unpaired) electrons. The molecular weight excluding hydrogens is 354 g/mol. The monoisotopic (exact) mass is 367 g/mol. The number of carbonyl (C=O) groups is 3. The Hall–Kier alpha value is -2.70. The Kier molecular flexibility index (Phi) is 3.08. The molecule has 0 aromatic heterocycles. The molecule has 0 saturated carbocycles. The quantitative estimate of drug-likeness (QED) is 0.754.